The van der Waals surface area contributed by atoms with Crippen LogP contribution in [0.25, 0.3) is 0 Å². The fourth-order valence-electron chi connectivity index (χ4n) is 3.28. The fourth-order valence-corrected chi connectivity index (χ4v) is 3.98. The number of aromatic nitrogens is 1. The second-order valence-electron chi connectivity index (χ2n) is 7.49. The van der Waals surface area contributed by atoms with Gasteiger partial charge < -0.3 is 20.4 Å². The van der Waals surface area contributed by atoms with Crippen LogP contribution in [0.4, 0.5) is 24.0 Å². The number of alkyl halides is 3. The van der Waals surface area contributed by atoms with E-state index in [9.17, 15) is 22.8 Å². The van der Waals surface area contributed by atoms with Crippen molar-refractivity contribution in [2.45, 2.75) is 25.1 Å². The molecule has 11 heteroatoms. The molecule has 1 saturated heterocycles. The van der Waals surface area contributed by atoms with Crippen LogP contribution in [0.15, 0.2) is 29.6 Å². The van der Waals surface area contributed by atoms with Gasteiger partial charge in [0.05, 0.1) is 5.56 Å². The molecule has 31 heavy (non-hydrogen) atoms. The molecule has 0 bridgehead atoms. The molecule has 1 fully saturated rings. The van der Waals surface area contributed by atoms with E-state index in [0.717, 1.165) is 29.9 Å². The molecule has 7 nitrogen and oxygen atoms in total. The van der Waals surface area contributed by atoms with Crippen LogP contribution >= 0.6 is 11.3 Å². The molecule has 2 aromatic rings. The largest absolute Gasteiger partial charge is 0.416 e. The third-order valence-electron chi connectivity index (χ3n) is 4.84. The highest BCUT2D eigenvalue weighted by Crippen LogP contribution is 2.32. The Balaban J connectivity index is 1.65. The summed E-state index contributed by atoms with van der Waals surface area (Å²) in [6.45, 7) is 1.65. The molecule has 2 heterocycles. The molecule has 168 valence electrons. The SMILES string of the molecule is CN(C)CCNC(=O)[C@H]1CCCN1C(=O)c1csc(Nc2cccc(C(F)(F)F)c2)n1. The lowest BCUT2D eigenvalue weighted by Crippen LogP contribution is -2.47. The fraction of sp³-hybridized carbons (Fsp3) is 0.450. The summed E-state index contributed by atoms with van der Waals surface area (Å²) >= 11 is 1.11. The summed E-state index contributed by atoms with van der Waals surface area (Å²) in [5, 5.41) is 7.50. The molecule has 0 radical (unpaired) electrons. The zero-order valence-electron chi connectivity index (χ0n) is 17.2. The summed E-state index contributed by atoms with van der Waals surface area (Å²) in [7, 11) is 3.82. The lowest BCUT2D eigenvalue weighted by atomic mass is 10.2. The summed E-state index contributed by atoms with van der Waals surface area (Å²) < 4.78 is 38.6. The maximum Gasteiger partial charge on any atom is 0.416 e. The van der Waals surface area contributed by atoms with Crippen LogP contribution in [0, 0.1) is 0 Å². The molecule has 1 aliphatic heterocycles. The minimum absolute atomic E-state index is 0.160. The van der Waals surface area contributed by atoms with Crippen molar-refractivity contribution in [3.8, 4) is 0 Å². The van der Waals surface area contributed by atoms with Crippen molar-refractivity contribution in [2.24, 2.45) is 0 Å². The first-order valence-corrected chi connectivity index (χ1v) is 10.7. The molecule has 1 aliphatic rings. The average Bonchev–Trinajstić information content (AvgIpc) is 3.36. The zero-order valence-corrected chi connectivity index (χ0v) is 18.0. The van der Waals surface area contributed by atoms with Crippen molar-refractivity contribution < 1.29 is 22.8 Å². The maximum atomic E-state index is 12.9. The van der Waals surface area contributed by atoms with E-state index >= 15 is 0 Å². The molecule has 0 unspecified atom stereocenters. The second kappa shape index (κ2) is 9.65. The van der Waals surface area contributed by atoms with Crippen molar-refractivity contribution in [2.75, 3.05) is 39.0 Å². The van der Waals surface area contributed by atoms with E-state index in [1.807, 2.05) is 19.0 Å². The highest BCUT2D eigenvalue weighted by molar-refractivity contribution is 7.14. The number of halogens is 3. The molecule has 0 aliphatic carbocycles. The number of hydrogen-bond acceptors (Lipinski definition) is 6. The number of anilines is 2. The predicted octanol–water partition coefficient (Wildman–Crippen LogP) is 3.19. The molecule has 1 aromatic carbocycles. The van der Waals surface area contributed by atoms with Gasteiger partial charge in [0.25, 0.3) is 5.91 Å². The highest BCUT2D eigenvalue weighted by Gasteiger charge is 2.35. The van der Waals surface area contributed by atoms with Gasteiger partial charge in [-0.3, -0.25) is 9.59 Å². The smallest absolute Gasteiger partial charge is 0.353 e. The summed E-state index contributed by atoms with van der Waals surface area (Å²) in [5.74, 6) is -0.552. The van der Waals surface area contributed by atoms with E-state index in [1.54, 1.807) is 0 Å². The molecular formula is C20H24F3N5O2S. The standard InChI is InChI=1S/C20H24F3N5O2S/c1-27(2)10-8-24-17(29)16-7-4-9-28(16)18(30)15-12-31-19(26-15)25-14-6-3-5-13(11-14)20(21,22)23/h3,5-6,11-12,16H,4,7-10H2,1-2H3,(H,24,29)(H,25,26)/t16-/m1/s1. The zero-order chi connectivity index (χ0) is 22.6. The molecule has 1 atom stereocenters. The van der Waals surface area contributed by atoms with Crippen LogP contribution in [0.2, 0.25) is 0 Å². The minimum atomic E-state index is -4.44. The number of hydrogen-bond donors (Lipinski definition) is 2. The highest BCUT2D eigenvalue weighted by atomic mass is 32.1. The first-order valence-electron chi connectivity index (χ1n) is 9.78. The minimum Gasteiger partial charge on any atom is -0.353 e. The predicted molar refractivity (Wildman–Crippen MR) is 112 cm³/mol. The van der Waals surface area contributed by atoms with E-state index in [-0.39, 0.29) is 23.2 Å². The molecule has 2 amide bonds. The number of nitrogens with one attached hydrogen (secondary N) is 2. The van der Waals surface area contributed by atoms with Gasteiger partial charge in [-0.25, -0.2) is 4.98 Å². The quantitative estimate of drug-likeness (QED) is 0.671. The molecule has 0 saturated carbocycles. The number of carbonyl (C=O) groups excluding carboxylic acids is 2. The summed E-state index contributed by atoms with van der Waals surface area (Å²) in [5.41, 5.74) is -0.388. The number of carbonyl (C=O) groups is 2. The van der Waals surface area contributed by atoms with E-state index < -0.39 is 17.8 Å². The van der Waals surface area contributed by atoms with Crippen LogP contribution < -0.4 is 10.6 Å². The van der Waals surface area contributed by atoms with Gasteiger partial charge in [0.15, 0.2) is 5.13 Å². The van der Waals surface area contributed by atoms with Gasteiger partial charge in [-0.15, -0.1) is 11.3 Å². The third kappa shape index (κ3) is 5.95. The molecule has 0 spiro atoms. The number of thiazole rings is 1. The van der Waals surface area contributed by atoms with E-state index in [4.69, 9.17) is 0 Å². The van der Waals surface area contributed by atoms with Crippen molar-refractivity contribution in [1.82, 2.24) is 20.1 Å². The van der Waals surface area contributed by atoms with Crippen molar-refractivity contribution >= 4 is 34.0 Å². The number of amides is 2. The number of nitrogens with zero attached hydrogens (tertiary/aromatic N) is 3. The Labute approximate surface area is 182 Å². The van der Waals surface area contributed by atoms with Gasteiger partial charge in [0, 0.05) is 30.7 Å². The van der Waals surface area contributed by atoms with Crippen LogP contribution in [0.1, 0.15) is 28.9 Å². The Bertz CT molecular complexity index is 932. The average molecular weight is 456 g/mol. The van der Waals surface area contributed by atoms with Crippen molar-refractivity contribution in [3.63, 3.8) is 0 Å². The van der Waals surface area contributed by atoms with Gasteiger partial charge in [-0.1, -0.05) is 6.07 Å². The monoisotopic (exact) mass is 455 g/mol. The van der Waals surface area contributed by atoms with Crippen LogP contribution in [0.5, 0.6) is 0 Å². The van der Waals surface area contributed by atoms with Gasteiger partial charge in [-0.2, -0.15) is 13.2 Å². The van der Waals surface area contributed by atoms with Crippen LogP contribution in [-0.4, -0.2) is 66.4 Å². The van der Waals surface area contributed by atoms with Gasteiger partial charge in [0.2, 0.25) is 5.91 Å². The number of rotatable bonds is 7. The Morgan fingerprint density at radius 3 is 2.81 bits per heavy atom. The molecular weight excluding hydrogens is 431 g/mol. The normalized spacial score (nSPS) is 16.6. The van der Waals surface area contributed by atoms with Crippen LogP contribution in [0.3, 0.4) is 0 Å². The lowest BCUT2D eigenvalue weighted by Gasteiger charge is -2.23. The first-order chi connectivity index (χ1) is 14.6. The lowest BCUT2D eigenvalue weighted by molar-refractivity contribution is -0.137. The maximum absolute atomic E-state index is 12.9. The Kier molecular flexibility index (Phi) is 7.16. The van der Waals surface area contributed by atoms with Gasteiger partial charge in [-0.05, 0) is 45.1 Å². The van der Waals surface area contributed by atoms with Gasteiger partial charge in [0.1, 0.15) is 11.7 Å². The van der Waals surface area contributed by atoms with E-state index in [1.165, 1.54) is 22.4 Å². The Hall–Kier alpha value is -2.66. The summed E-state index contributed by atoms with van der Waals surface area (Å²) in [6, 6.07) is 4.22. The number of likely N-dealkylation sites (N-methyl/N-ethyl adjacent to an activating group) is 1. The summed E-state index contributed by atoms with van der Waals surface area (Å²) in [4.78, 5) is 33.1. The number of likely N-dealkylation sites (tertiary alicyclic amines) is 1. The van der Waals surface area contributed by atoms with Crippen molar-refractivity contribution in [1.29, 1.82) is 0 Å². The van der Waals surface area contributed by atoms with E-state index in [0.29, 0.717) is 31.2 Å². The molecule has 2 N–H and O–H groups in total. The second-order valence-corrected chi connectivity index (χ2v) is 8.35. The molecule has 1 aromatic heterocycles. The summed E-state index contributed by atoms with van der Waals surface area (Å²) in [6.07, 6.45) is -3.14. The van der Waals surface area contributed by atoms with E-state index in [2.05, 4.69) is 15.6 Å². The first kappa shape index (κ1) is 23.0. The topological polar surface area (TPSA) is 77.6 Å². The van der Waals surface area contributed by atoms with Gasteiger partial charge >= 0.3 is 6.18 Å². The third-order valence-corrected chi connectivity index (χ3v) is 5.60. The Morgan fingerprint density at radius 1 is 1.32 bits per heavy atom. The van der Waals surface area contributed by atoms with Crippen molar-refractivity contribution in [3.05, 3.63) is 40.9 Å². The Morgan fingerprint density at radius 2 is 2.10 bits per heavy atom. The van der Waals surface area contributed by atoms with Crippen LogP contribution in [-0.2, 0) is 11.0 Å². The number of benzene rings is 1. The molecule has 3 rings (SSSR count).